The molecule has 0 amide bonds. The van der Waals surface area contributed by atoms with Crippen LogP contribution in [0.2, 0.25) is 0 Å². The van der Waals surface area contributed by atoms with Crippen LogP contribution in [0.15, 0.2) is 18.2 Å². The van der Waals surface area contributed by atoms with Crippen LogP contribution < -0.4 is 14.8 Å². The molecule has 4 heteroatoms. The third-order valence-electron chi connectivity index (χ3n) is 4.35. The summed E-state index contributed by atoms with van der Waals surface area (Å²) in [7, 11) is 3.16. The van der Waals surface area contributed by atoms with E-state index in [9.17, 15) is 0 Å². The largest absolute Gasteiger partial charge is 0.496 e. The van der Waals surface area contributed by atoms with E-state index in [4.69, 9.17) is 9.47 Å². The first-order chi connectivity index (χ1) is 9.16. The number of halogens is 1. The van der Waals surface area contributed by atoms with Gasteiger partial charge in [0.15, 0.2) is 0 Å². The number of nitrogens with one attached hydrogen (secondary N) is 1. The van der Waals surface area contributed by atoms with Crippen LogP contribution >= 0.6 is 0 Å². The smallest absolute Gasteiger partial charge is 0.146 e. The third kappa shape index (κ3) is 2.08. The average molecular weight is 265 g/mol. The van der Waals surface area contributed by atoms with Crippen LogP contribution in [0.1, 0.15) is 31.2 Å². The predicted molar refractivity (Wildman–Crippen MR) is 71.5 cm³/mol. The molecule has 2 aliphatic heterocycles. The number of alkyl halides is 1. The van der Waals surface area contributed by atoms with Crippen molar-refractivity contribution in [2.45, 2.75) is 43.4 Å². The van der Waals surface area contributed by atoms with E-state index in [-0.39, 0.29) is 12.1 Å². The summed E-state index contributed by atoms with van der Waals surface area (Å²) in [5, 5.41) is 3.47. The van der Waals surface area contributed by atoms with Crippen LogP contribution in [0, 0.1) is 0 Å². The van der Waals surface area contributed by atoms with Gasteiger partial charge in [-0.1, -0.05) is 6.07 Å². The number of rotatable bonds is 3. The third-order valence-corrected chi connectivity index (χ3v) is 4.35. The van der Waals surface area contributed by atoms with Crippen molar-refractivity contribution in [3.8, 4) is 11.5 Å². The predicted octanol–water partition coefficient (Wildman–Crippen LogP) is 2.78. The van der Waals surface area contributed by atoms with Crippen molar-refractivity contribution in [1.29, 1.82) is 0 Å². The summed E-state index contributed by atoms with van der Waals surface area (Å²) in [5.74, 6) is 1.17. The fourth-order valence-electron chi connectivity index (χ4n) is 3.59. The molecule has 0 spiro atoms. The van der Waals surface area contributed by atoms with Gasteiger partial charge in [0.1, 0.15) is 17.2 Å². The maximum absolute atomic E-state index is 15.5. The highest BCUT2D eigenvalue weighted by molar-refractivity contribution is 5.49. The fourth-order valence-corrected chi connectivity index (χ4v) is 3.59. The minimum absolute atomic E-state index is 0.276. The minimum Gasteiger partial charge on any atom is -0.496 e. The summed E-state index contributed by atoms with van der Waals surface area (Å²) in [5.41, 5.74) is -0.770. The van der Waals surface area contributed by atoms with Crippen molar-refractivity contribution in [3.05, 3.63) is 23.8 Å². The van der Waals surface area contributed by atoms with E-state index in [1.165, 1.54) is 0 Å². The normalized spacial score (nSPS) is 33.2. The van der Waals surface area contributed by atoms with Crippen LogP contribution in [-0.4, -0.2) is 26.3 Å². The molecule has 2 atom stereocenters. The van der Waals surface area contributed by atoms with E-state index in [0.29, 0.717) is 29.9 Å². The summed E-state index contributed by atoms with van der Waals surface area (Å²) in [6.45, 7) is 0. The number of ether oxygens (including phenoxy) is 2. The maximum Gasteiger partial charge on any atom is 0.146 e. The summed E-state index contributed by atoms with van der Waals surface area (Å²) in [6.07, 6.45) is 3.13. The van der Waals surface area contributed by atoms with Gasteiger partial charge in [-0.2, -0.15) is 0 Å². The van der Waals surface area contributed by atoms with Crippen molar-refractivity contribution in [3.63, 3.8) is 0 Å². The van der Waals surface area contributed by atoms with Gasteiger partial charge < -0.3 is 14.8 Å². The molecule has 0 aromatic heterocycles. The van der Waals surface area contributed by atoms with Crippen molar-refractivity contribution >= 4 is 0 Å². The Hall–Kier alpha value is -1.29. The maximum atomic E-state index is 15.5. The number of hydrogen-bond donors (Lipinski definition) is 1. The fraction of sp³-hybridized carbons (Fsp3) is 0.600. The van der Waals surface area contributed by atoms with Crippen LogP contribution in [-0.2, 0) is 5.67 Å². The topological polar surface area (TPSA) is 30.5 Å². The molecule has 19 heavy (non-hydrogen) atoms. The Balaban J connectivity index is 2.05. The summed E-state index contributed by atoms with van der Waals surface area (Å²) < 4.78 is 26.3. The second-order valence-corrected chi connectivity index (χ2v) is 5.55. The first kappa shape index (κ1) is 12.7. The van der Waals surface area contributed by atoms with Gasteiger partial charge in [0.25, 0.3) is 0 Å². The summed E-state index contributed by atoms with van der Waals surface area (Å²) in [6, 6.07) is 6.00. The Morgan fingerprint density at radius 2 is 1.63 bits per heavy atom. The van der Waals surface area contributed by atoms with Crippen molar-refractivity contribution in [2.75, 3.05) is 14.2 Å². The van der Waals surface area contributed by atoms with E-state index in [0.717, 1.165) is 12.8 Å². The van der Waals surface area contributed by atoms with Gasteiger partial charge in [0, 0.05) is 24.9 Å². The SMILES string of the molecule is COc1cccc(OC)c1C1(F)CC2CCC(C1)N2. The van der Waals surface area contributed by atoms with Crippen LogP contribution in [0.4, 0.5) is 4.39 Å². The molecule has 2 fully saturated rings. The molecule has 2 bridgehead atoms. The van der Waals surface area contributed by atoms with Gasteiger partial charge >= 0.3 is 0 Å². The molecule has 2 saturated heterocycles. The molecule has 2 aliphatic rings. The van der Waals surface area contributed by atoms with Crippen LogP contribution in [0.25, 0.3) is 0 Å². The average Bonchev–Trinajstić information content (AvgIpc) is 2.77. The molecular weight excluding hydrogens is 245 g/mol. The van der Waals surface area contributed by atoms with Crippen LogP contribution in [0.5, 0.6) is 11.5 Å². The second-order valence-electron chi connectivity index (χ2n) is 5.55. The molecule has 3 rings (SSSR count). The van der Waals surface area contributed by atoms with E-state index < -0.39 is 5.67 Å². The molecule has 2 heterocycles. The number of piperidine rings is 1. The standard InChI is InChI=1S/C15H20FNO2/c1-18-12-4-3-5-13(19-2)14(12)15(16)8-10-6-7-11(9-15)17-10/h3-5,10-11,17H,6-9H2,1-2H3. The quantitative estimate of drug-likeness (QED) is 0.911. The van der Waals surface area contributed by atoms with E-state index in [1.807, 2.05) is 18.2 Å². The molecule has 1 aromatic carbocycles. The van der Waals surface area contributed by atoms with Gasteiger partial charge in [0.05, 0.1) is 19.8 Å². The zero-order valence-corrected chi connectivity index (χ0v) is 11.4. The van der Waals surface area contributed by atoms with Gasteiger partial charge in [-0.3, -0.25) is 0 Å². The zero-order valence-electron chi connectivity index (χ0n) is 11.4. The molecule has 0 aliphatic carbocycles. The lowest BCUT2D eigenvalue weighted by Crippen LogP contribution is -2.44. The zero-order chi connectivity index (χ0) is 13.5. The number of hydrogen-bond acceptors (Lipinski definition) is 3. The summed E-state index contributed by atoms with van der Waals surface area (Å²) in [4.78, 5) is 0. The molecule has 1 N–H and O–H groups in total. The van der Waals surface area contributed by atoms with E-state index in [1.54, 1.807) is 14.2 Å². The Morgan fingerprint density at radius 1 is 1.11 bits per heavy atom. The van der Waals surface area contributed by atoms with E-state index in [2.05, 4.69) is 5.32 Å². The minimum atomic E-state index is -1.35. The first-order valence-corrected chi connectivity index (χ1v) is 6.83. The van der Waals surface area contributed by atoms with Gasteiger partial charge in [-0.15, -0.1) is 0 Å². The second kappa shape index (κ2) is 4.67. The highest BCUT2D eigenvalue weighted by Gasteiger charge is 2.47. The number of fused-ring (bicyclic) bond motifs is 2. The monoisotopic (exact) mass is 265 g/mol. The summed E-state index contributed by atoms with van der Waals surface area (Å²) >= 11 is 0. The highest BCUT2D eigenvalue weighted by Crippen LogP contribution is 2.50. The first-order valence-electron chi connectivity index (χ1n) is 6.83. The molecule has 3 nitrogen and oxygen atoms in total. The van der Waals surface area contributed by atoms with E-state index >= 15 is 4.39 Å². The Bertz CT molecular complexity index is 443. The molecule has 0 saturated carbocycles. The lowest BCUT2D eigenvalue weighted by Gasteiger charge is -2.36. The van der Waals surface area contributed by atoms with Crippen molar-refractivity contribution in [2.24, 2.45) is 0 Å². The highest BCUT2D eigenvalue weighted by atomic mass is 19.1. The van der Waals surface area contributed by atoms with Gasteiger partial charge in [-0.05, 0) is 25.0 Å². The van der Waals surface area contributed by atoms with Gasteiger partial charge in [-0.25, -0.2) is 4.39 Å². The molecule has 2 unspecified atom stereocenters. The molecule has 1 aromatic rings. The Labute approximate surface area is 113 Å². The lowest BCUT2D eigenvalue weighted by atomic mass is 9.82. The van der Waals surface area contributed by atoms with Gasteiger partial charge in [0.2, 0.25) is 0 Å². The molecule has 104 valence electrons. The van der Waals surface area contributed by atoms with Crippen molar-refractivity contribution in [1.82, 2.24) is 5.32 Å². The number of methoxy groups -OCH3 is 2. The Morgan fingerprint density at radius 3 is 2.11 bits per heavy atom. The van der Waals surface area contributed by atoms with Crippen LogP contribution in [0.3, 0.4) is 0 Å². The Kier molecular flexibility index (Phi) is 3.13. The van der Waals surface area contributed by atoms with Crippen molar-refractivity contribution < 1.29 is 13.9 Å². The molecule has 0 radical (unpaired) electrons. The lowest BCUT2D eigenvalue weighted by molar-refractivity contribution is 0.0812. The number of benzene rings is 1. The molecular formula is C15H20FNO2.